The van der Waals surface area contributed by atoms with Crippen LogP contribution in [0.3, 0.4) is 0 Å². The first-order valence-corrected chi connectivity index (χ1v) is 6.10. The van der Waals surface area contributed by atoms with Crippen LogP contribution in [-0.4, -0.2) is 19.2 Å². The van der Waals surface area contributed by atoms with Gasteiger partial charge in [0.15, 0.2) is 9.84 Å². The monoisotopic (exact) mass is 265 g/mol. The first kappa shape index (κ1) is 7.94. The lowest BCUT2D eigenvalue weighted by atomic mass is 10.4. The molecule has 0 atom stereocenters. The second-order valence-corrected chi connectivity index (χ2v) is 5.05. The molecule has 1 heterocycles. The lowest BCUT2D eigenvalue weighted by molar-refractivity contribution is 0.597. The van der Waals surface area contributed by atoms with E-state index in [2.05, 4.69) is 20.9 Å². The second kappa shape index (κ2) is 4.19. The Labute approximate surface area is 89.0 Å². The largest absolute Gasteiger partial charge is 0.260 e. The van der Waals surface area contributed by atoms with Crippen molar-refractivity contribution in [3.63, 3.8) is 0 Å². The molecule has 0 fully saturated rings. The summed E-state index contributed by atoms with van der Waals surface area (Å²) in [5.74, 6) is -0.0122. The number of sulfone groups is 1. The van der Waals surface area contributed by atoms with Gasteiger partial charge < -0.3 is 0 Å². The molecule has 0 unspecified atom stereocenters. The summed E-state index contributed by atoms with van der Waals surface area (Å²) >= 11 is 2.79. The highest BCUT2D eigenvalue weighted by atomic mass is 79.9. The Bertz CT molecular complexity index is 456. The third-order valence-corrected chi connectivity index (χ3v) is 3.71. The number of pyridine rings is 1. The van der Waals surface area contributed by atoms with E-state index in [1.165, 1.54) is 25.3 Å². The van der Waals surface area contributed by atoms with Crippen molar-refractivity contribution in [1.82, 2.24) is 4.98 Å². The number of nitrogens with zero attached hydrogens (tertiary/aromatic N) is 1. The topological polar surface area (TPSA) is 47.0 Å². The maximum atomic E-state index is 11.5. The highest BCUT2D eigenvalue weighted by molar-refractivity contribution is 9.08. The normalized spacial score (nSPS) is 14.9. The van der Waals surface area contributed by atoms with Crippen LogP contribution in [0.1, 0.15) is 15.4 Å². The Balaban J connectivity index is 3.27. The molecule has 1 aromatic rings. The van der Waals surface area contributed by atoms with Crippen molar-refractivity contribution in [3.05, 3.63) is 24.0 Å². The lowest BCUT2D eigenvalue weighted by Crippen LogP contribution is -2.04. The van der Waals surface area contributed by atoms with Gasteiger partial charge in [0.05, 0.1) is 16.3 Å². The highest BCUT2D eigenvalue weighted by Crippen LogP contribution is 2.12. The summed E-state index contributed by atoms with van der Waals surface area (Å²) in [6.07, 6.45) is 1.29. The van der Waals surface area contributed by atoms with Crippen LogP contribution >= 0.6 is 15.9 Å². The summed E-state index contributed by atoms with van der Waals surface area (Å²) in [5, 5.41) is -1.81. The fourth-order valence-corrected chi connectivity index (χ4v) is 1.93. The van der Waals surface area contributed by atoms with E-state index < -0.39 is 15.1 Å². The Morgan fingerprint density at radius 3 is 2.92 bits per heavy atom. The van der Waals surface area contributed by atoms with Crippen LogP contribution in [0.4, 0.5) is 0 Å². The summed E-state index contributed by atoms with van der Waals surface area (Å²) in [6, 6.07) is 2.61. The number of aromatic nitrogens is 1. The van der Waals surface area contributed by atoms with Crippen LogP contribution < -0.4 is 0 Å². The van der Waals surface area contributed by atoms with Crippen LogP contribution in [0.5, 0.6) is 0 Å². The first-order chi connectivity index (χ1) is 6.77. The number of hydrogen-bond donors (Lipinski definition) is 0. The predicted molar refractivity (Wildman–Crippen MR) is 54.6 cm³/mol. The summed E-state index contributed by atoms with van der Waals surface area (Å²) in [6.45, 7) is 1.54. The number of alkyl halides is 1. The fourth-order valence-electron chi connectivity index (χ4n) is 0.823. The summed E-state index contributed by atoms with van der Waals surface area (Å²) < 4.78 is 37.7. The van der Waals surface area contributed by atoms with Gasteiger partial charge in [-0.25, -0.2) is 8.42 Å². The molecule has 1 aromatic heterocycles. The molecule has 0 N–H and O–H groups in total. The van der Waals surface area contributed by atoms with E-state index in [9.17, 15) is 8.42 Å². The van der Waals surface area contributed by atoms with E-state index in [0.717, 1.165) is 0 Å². The quantitative estimate of drug-likeness (QED) is 0.783. The van der Waals surface area contributed by atoms with Gasteiger partial charge in [-0.05, 0) is 12.1 Å². The Kier molecular flexibility index (Phi) is 2.56. The Morgan fingerprint density at radius 2 is 2.38 bits per heavy atom. The third kappa shape index (κ3) is 2.51. The third-order valence-electron chi connectivity index (χ3n) is 1.57. The predicted octanol–water partition coefficient (Wildman–Crippen LogP) is 1.77. The maximum Gasteiger partial charge on any atom is 0.178 e. The Hall–Kier alpha value is -0.420. The minimum Gasteiger partial charge on any atom is -0.260 e. The van der Waals surface area contributed by atoms with Crippen LogP contribution in [0.2, 0.25) is 0 Å². The summed E-state index contributed by atoms with van der Waals surface area (Å²) in [5.41, 5.74) is 0.0528. The molecule has 5 heteroatoms. The smallest absolute Gasteiger partial charge is 0.178 e. The molecule has 0 spiro atoms. The molecule has 0 aromatic carbocycles. The van der Waals surface area contributed by atoms with Crippen molar-refractivity contribution in [2.75, 3.05) is 5.75 Å². The number of halogens is 1. The second-order valence-electron chi connectivity index (χ2n) is 2.37. The molecule has 0 aliphatic heterocycles. The average molecular weight is 266 g/mol. The van der Waals surface area contributed by atoms with Crippen LogP contribution in [0.25, 0.3) is 0 Å². The summed E-state index contributed by atoms with van der Waals surface area (Å²) in [7, 11) is -3.31. The molecule has 13 heavy (non-hydrogen) atoms. The van der Waals surface area contributed by atoms with E-state index in [4.69, 9.17) is 2.74 Å². The van der Waals surface area contributed by atoms with Gasteiger partial charge in [0.2, 0.25) is 0 Å². The van der Waals surface area contributed by atoms with Crippen molar-refractivity contribution in [2.24, 2.45) is 0 Å². The first-order valence-electron chi connectivity index (χ1n) is 4.65. The maximum absolute atomic E-state index is 11.5. The highest BCUT2D eigenvalue weighted by Gasteiger charge is 2.11. The zero-order chi connectivity index (χ0) is 11.7. The Morgan fingerprint density at radius 1 is 1.69 bits per heavy atom. The van der Waals surface area contributed by atoms with E-state index >= 15 is 0 Å². The molecule has 0 radical (unpaired) electrons. The lowest BCUT2D eigenvalue weighted by Gasteiger charge is -2.01. The van der Waals surface area contributed by atoms with Crippen molar-refractivity contribution < 1.29 is 11.2 Å². The molecule has 0 saturated carbocycles. The van der Waals surface area contributed by atoms with E-state index in [1.807, 2.05) is 0 Å². The van der Waals surface area contributed by atoms with Gasteiger partial charge in [-0.15, -0.1) is 0 Å². The molecule has 0 amide bonds. The van der Waals surface area contributed by atoms with E-state index in [-0.39, 0.29) is 16.3 Å². The molecule has 0 aliphatic rings. The molecule has 3 nitrogen and oxygen atoms in total. The van der Waals surface area contributed by atoms with Crippen LogP contribution in [0, 0.1) is 0 Å². The summed E-state index contributed by atoms with van der Waals surface area (Å²) in [4.78, 5) is 3.87. The fraction of sp³-hybridized carbons (Fsp3) is 0.375. The van der Waals surface area contributed by atoms with E-state index in [1.54, 1.807) is 0 Å². The standard InChI is InChI=1S/C8H10BrNO2S/c1-2-13(11,12)8-3-4-10-7(5-8)6-9/h3-5H,2,6H2,1H3/i6D2. The van der Waals surface area contributed by atoms with E-state index in [0.29, 0.717) is 0 Å². The molecular formula is C8H10BrNO2S. The van der Waals surface area contributed by atoms with Crippen molar-refractivity contribution in [3.8, 4) is 0 Å². The van der Waals surface area contributed by atoms with Gasteiger partial charge >= 0.3 is 0 Å². The minimum absolute atomic E-state index is 0.0122. The van der Waals surface area contributed by atoms with Gasteiger partial charge in [0, 0.05) is 14.2 Å². The van der Waals surface area contributed by atoms with Crippen molar-refractivity contribution >= 4 is 25.8 Å². The van der Waals surface area contributed by atoms with Gasteiger partial charge in [0.1, 0.15) is 0 Å². The zero-order valence-electron chi connectivity index (χ0n) is 8.99. The minimum atomic E-state index is -3.31. The molecule has 0 aliphatic carbocycles. The zero-order valence-corrected chi connectivity index (χ0v) is 9.39. The molecule has 72 valence electrons. The number of rotatable bonds is 3. The van der Waals surface area contributed by atoms with Gasteiger partial charge in [-0.1, -0.05) is 22.9 Å². The van der Waals surface area contributed by atoms with Gasteiger partial charge in [-0.3, -0.25) is 4.98 Å². The number of hydrogen-bond acceptors (Lipinski definition) is 3. The molecule has 0 saturated heterocycles. The SMILES string of the molecule is [2H]C([2H])(Br)c1cc(S(=O)(=O)CC)ccn1. The molecule has 0 bridgehead atoms. The van der Waals surface area contributed by atoms with Crippen molar-refractivity contribution in [2.45, 2.75) is 17.1 Å². The molecule has 1 rings (SSSR count). The van der Waals surface area contributed by atoms with Gasteiger partial charge in [0.25, 0.3) is 0 Å². The molecular weight excluding hydrogens is 254 g/mol. The van der Waals surface area contributed by atoms with Gasteiger partial charge in [-0.2, -0.15) is 0 Å². The van der Waals surface area contributed by atoms with Crippen molar-refractivity contribution in [1.29, 1.82) is 0 Å². The van der Waals surface area contributed by atoms with Crippen LogP contribution in [0.15, 0.2) is 23.2 Å². The van der Waals surface area contributed by atoms with Crippen LogP contribution in [-0.2, 0) is 15.1 Å². The average Bonchev–Trinajstić information content (AvgIpc) is 2.17.